The SMILES string of the molecule is O=C1N=C(N2CC[C@@H](O)C2)SC1=Cc1ccccc1O. The van der Waals surface area contributed by atoms with Gasteiger partial charge in [0.1, 0.15) is 5.75 Å². The number of amidine groups is 1. The fourth-order valence-electron chi connectivity index (χ4n) is 2.20. The van der Waals surface area contributed by atoms with Crippen LogP contribution in [-0.4, -0.2) is 45.4 Å². The van der Waals surface area contributed by atoms with Crippen molar-refractivity contribution in [3.8, 4) is 5.75 Å². The van der Waals surface area contributed by atoms with Gasteiger partial charge in [0.2, 0.25) is 0 Å². The van der Waals surface area contributed by atoms with Gasteiger partial charge < -0.3 is 15.1 Å². The molecule has 5 nitrogen and oxygen atoms in total. The van der Waals surface area contributed by atoms with Crippen LogP contribution in [0.4, 0.5) is 0 Å². The van der Waals surface area contributed by atoms with Crippen molar-refractivity contribution in [1.29, 1.82) is 0 Å². The van der Waals surface area contributed by atoms with E-state index in [2.05, 4.69) is 4.99 Å². The largest absolute Gasteiger partial charge is 0.507 e. The first-order valence-corrected chi connectivity index (χ1v) is 7.19. The summed E-state index contributed by atoms with van der Waals surface area (Å²) in [4.78, 5) is 18.3. The predicted octanol–water partition coefficient (Wildman–Crippen LogP) is 1.43. The zero-order valence-corrected chi connectivity index (χ0v) is 11.5. The van der Waals surface area contributed by atoms with Crippen molar-refractivity contribution in [3.63, 3.8) is 0 Å². The Morgan fingerprint density at radius 2 is 2.20 bits per heavy atom. The first-order valence-electron chi connectivity index (χ1n) is 6.37. The molecule has 2 N–H and O–H groups in total. The topological polar surface area (TPSA) is 73.1 Å². The summed E-state index contributed by atoms with van der Waals surface area (Å²) in [5.41, 5.74) is 0.598. The molecule has 1 aromatic rings. The number of aromatic hydroxyl groups is 1. The molecule has 20 heavy (non-hydrogen) atoms. The van der Waals surface area contributed by atoms with Gasteiger partial charge in [0.05, 0.1) is 11.0 Å². The number of rotatable bonds is 1. The number of para-hydroxylation sites is 1. The molecule has 104 valence electrons. The Bertz CT molecular complexity index is 612. The van der Waals surface area contributed by atoms with Crippen LogP contribution >= 0.6 is 11.8 Å². The number of hydrogen-bond donors (Lipinski definition) is 2. The van der Waals surface area contributed by atoms with E-state index < -0.39 is 0 Å². The Morgan fingerprint density at radius 1 is 1.40 bits per heavy atom. The number of hydrogen-bond acceptors (Lipinski definition) is 5. The fraction of sp³-hybridized carbons (Fsp3) is 0.286. The molecule has 0 unspecified atom stereocenters. The van der Waals surface area contributed by atoms with Crippen molar-refractivity contribution in [2.75, 3.05) is 13.1 Å². The summed E-state index contributed by atoms with van der Waals surface area (Å²) in [7, 11) is 0. The normalized spacial score (nSPS) is 24.6. The van der Waals surface area contributed by atoms with Crippen LogP contribution in [0.2, 0.25) is 0 Å². The average molecular weight is 290 g/mol. The number of amides is 1. The molecule has 0 aromatic heterocycles. The van der Waals surface area contributed by atoms with Gasteiger partial charge in [-0.15, -0.1) is 0 Å². The summed E-state index contributed by atoms with van der Waals surface area (Å²) < 4.78 is 0. The molecule has 2 aliphatic rings. The number of aliphatic hydroxyl groups excluding tert-OH is 1. The number of benzene rings is 1. The molecular weight excluding hydrogens is 276 g/mol. The monoisotopic (exact) mass is 290 g/mol. The molecule has 1 atom stereocenters. The summed E-state index contributed by atoms with van der Waals surface area (Å²) in [5.74, 6) is -0.159. The Morgan fingerprint density at radius 3 is 2.90 bits per heavy atom. The lowest BCUT2D eigenvalue weighted by atomic mass is 10.2. The van der Waals surface area contributed by atoms with Gasteiger partial charge >= 0.3 is 0 Å². The molecular formula is C14H14N2O3S. The van der Waals surface area contributed by atoms with E-state index in [1.54, 1.807) is 30.3 Å². The lowest BCUT2D eigenvalue weighted by molar-refractivity contribution is -0.113. The Labute approximate surface area is 120 Å². The quantitative estimate of drug-likeness (QED) is 0.765. The maximum absolute atomic E-state index is 11.9. The third kappa shape index (κ3) is 2.57. The van der Waals surface area contributed by atoms with Gasteiger partial charge in [-0.2, -0.15) is 4.99 Å². The van der Waals surface area contributed by atoms with Crippen LogP contribution in [0.15, 0.2) is 34.2 Å². The molecule has 2 heterocycles. The Kier molecular flexibility index (Phi) is 3.50. The van der Waals surface area contributed by atoms with E-state index in [1.807, 2.05) is 4.90 Å². The average Bonchev–Trinajstić information content (AvgIpc) is 2.99. The van der Waals surface area contributed by atoms with Crippen LogP contribution in [0, 0.1) is 0 Å². The molecule has 3 rings (SSSR count). The van der Waals surface area contributed by atoms with Crippen molar-refractivity contribution < 1.29 is 15.0 Å². The lowest BCUT2D eigenvalue weighted by Crippen LogP contribution is -2.26. The van der Waals surface area contributed by atoms with Crippen LogP contribution in [0.1, 0.15) is 12.0 Å². The lowest BCUT2D eigenvalue weighted by Gasteiger charge is -2.15. The van der Waals surface area contributed by atoms with Crippen molar-refractivity contribution in [1.82, 2.24) is 4.90 Å². The maximum atomic E-state index is 11.9. The van der Waals surface area contributed by atoms with Crippen LogP contribution in [0.25, 0.3) is 6.08 Å². The molecule has 6 heteroatoms. The maximum Gasteiger partial charge on any atom is 0.286 e. The van der Waals surface area contributed by atoms with Crippen molar-refractivity contribution in [2.45, 2.75) is 12.5 Å². The van der Waals surface area contributed by atoms with E-state index in [-0.39, 0.29) is 17.8 Å². The number of nitrogens with zero attached hydrogens (tertiary/aromatic N) is 2. The minimum Gasteiger partial charge on any atom is -0.507 e. The number of aliphatic imine (C=N–C) groups is 1. The number of carbonyl (C=O) groups excluding carboxylic acids is 1. The predicted molar refractivity (Wildman–Crippen MR) is 78.3 cm³/mol. The number of thioether (sulfide) groups is 1. The highest BCUT2D eigenvalue weighted by Crippen LogP contribution is 2.33. The van der Waals surface area contributed by atoms with E-state index in [9.17, 15) is 15.0 Å². The number of phenols is 1. The number of phenolic OH excluding ortho intramolecular Hbond substituents is 1. The molecule has 0 saturated carbocycles. The minimum atomic E-state index is -0.348. The van der Waals surface area contributed by atoms with Gasteiger partial charge in [-0.1, -0.05) is 18.2 Å². The third-order valence-electron chi connectivity index (χ3n) is 3.27. The van der Waals surface area contributed by atoms with Crippen molar-refractivity contribution in [2.24, 2.45) is 4.99 Å². The summed E-state index contributed by atoms with van der Waals surface area (Å²) in [6.07, 6.45) is 2.00. The van der Waals surface area contributed by atoms with Crippen LogP contribution < -0.4 is 0 Å². The molecule has 0 spiro atoms. The van der Waals surface area contributed by atoms with E-state index in [1.165, 1.54) is 11.8 Å². The van der Waals surface area contributed by atoms with Crippen LogP contribution in [0.5, 0.6) is 5.75 Å². The van der Waals surface area contributed by atoms with Gasteiger partial charge in [-0.3, -0.25) is 4.79 Å². The van der Waals surface area contributed by atoms with Crippen molar-refractivity contribution >= 4 is 28.9 Å². The molecule has 0 radical (unpaired) electrons. The first kappa shape index (κ1) is 13.2. The van der Waals surface area contributed by atoms with E-state index >= 15 is 0 Å². The number of aliphatic hydroxyl groups is 1. The number of carbonyl (C=O) groups is 1. The Hall–Kier alpha value is -1.79. The zero-order chi connectivity index (χ0) is 14.1. The van der Waals surface area contributed by atoms with Crippen molar-refractivity contribution in [3.05, 3.63) is 34.7 Å². The highest BCUT2D eigenvalue weighted by atomic mass is 32.2. The molecule has 1 aromatic carbocycles. The second-order valence-corrected chi connectivity index (χ2v) is 5.77. The van der Waals surface area contributed by atoms with E-state index in [0.717, 1.165) is 0 Å². The standard InChI is InChI=1S/C14H14N2O3S/c17-10-5-6-16(8-10)14-15-13(19)12(20-14)7-9-3-1-2-4-11(9)18/h1-4,7,10,17-18H,5-6,8H2/t10-/m1/s1. The molecule has 0 aliphatic carbocycles. The van der Waals surface area contributed by atoms with Gasteiger partial charge in [0.25, 0.3) is 5.91 Å². The summed E-state index contributed by atoms with van der Waals surface area (Å²) in [6, 6.07) is 6.85. The van der Waals surface area contributed by atoms with E-state index in [4.69, 9.17) is 0 Å². The minimum absolute atomic E-state index is 0.137. The molecule has 1 amide bonds. The highest BCUT2D eigenvalue weighted by Gasteiger charge is 2.30. The zero-order valence-electron chi connectivity index (χ0n) is 10.7. The first-order chi connectivity index (χ1) is 9.63. The summed E-state index contributed by atoms with van der Waals surface area (Å²) in [5, 5.41) is 19.9. The number of likely N-dealkylation sites (tertiary alicyclic amines) is 1. The molecule has 1 fully saturated rings. The third-order valence-corrected chi connectivity index (χ3v) is 4.31. The molecule has 0 bridgehead atoms. The summed E-state index contributed by atoms with van der Waals surface area (Å²) >= 11 is 1.29. The van der Waals surface area contributed by atoms with E-state index in [0.29, 0.717) is 35.1 Å². The Balaban J connectivity index is 1.79. The van der Waals surface area contributed by atoms with Gasteiger partial charge in [0.15, 0.2) is 5.17 Å². The second kappa shape index (κ2) is 5.30. The van der Waals surface area contributed by atoms with Gasteiger partial charge in [0, 0.05) is 18.7 Å². The van der Waals surface area contributed by atoms with Gasteiger partial charge in [-0.05, 0) is 30.3 Å². The van der Waals surface area contributed by atoms with Gasteiger partial charge in [-0.25, -0.2) is 0 Å². The highest BCUT2D eigenvalue weighted by molar-refractivity contribution is 8.18. The molecule has 2 aliphatic heterocycles. The number of β-amino-alcohol motifs (C(OH)–C–C–N with tert-alkyl or cyclic N) is 1. The van der Waals surface area contributed by atoms with Crippen LogP contribution in [0.3, 0.4) is 0 Å². The smallest absolute Gasteiger partial charge is 0.286 e. The fourth-order valence-corrected chi connectivity index (χ4v) is 3.14. The molecule has 1 saturated heterocycles. The summed E-state index contributed by atoms with van der Waals surface area (Å²) in [6.45, 7) is 1.23. The second-order valence-electron chi connectivity index (χ2n) is 4.76. The van der Waals surface area contributed by atoms with Crippen LogP contribution in [-0.2, 0) is 4.79 Å².